The lowest BCUT2D eigenvalue weighted by Gasteiger charge is -1.75. The lowest BCUT2D eigenvalue weighted by atomic mass is 10.6. The zero-order valence-corrected chi connectivity index (χ0v) is 5.31. The quantitative estimate of drug-likeness (QED) is 0.280. The lowest BCUT2D eigenvalue weighted by molar-refractivity contribution is -0.135. The minimum atomic E-state index is -1.10. The number of carbonyl (C=O) groups excluding carboxylic acids is 2. The van der Waals surface area contributed by atoms with Crippen LogP contribution in [0.1, 0.15) is 0 Å². The fraction of sp³-hybridized carbons (Fsp3) is 0.333. The van der Waals surface area contributed by atoms with Crippen molar-refractivity contribution in [2.75, 3.05) is 6.26 Å². The van der Waals surface area contributed by atoms with Gasteiger partial charge in [-0.3, -0.25) is 9.59 Å². The molecule has 4 N–H and O–H groups in total. The molecule has 0 saturated carbocycles. The van der Waals surface area contributed by atoms with Crippen LogP contribution < -0.4 is 11.5 Å². The van der Waals surface area contributed by atoms with E-state index in [-0.39, 0.29) is 0 Å². The normalized spacial score (nSPS) is 6.25. The second-order valence-corrected chi connectivity index (χ2v) is 0.729. The molecule has 0 spiro atoms. The molecule has 8 heavy (non-hydrogen) atoms. The Morgan fingerprint density at radius 3 is 1.25 bits per heavy atom. The molecule has 0 fully saturated rings. The van der Waals surface area contributed by atoms with Gasteiger partial charge in [-0.15, -0.1) is 0 Å². The summed E-state index contributed by atoms with van der Waals surface area (Å²) >= 11 is 3.53. The van der Waals surface area contributed by atoms with Gasteiger partial charge in [-0.2, -0.15) is 12.6 Å². The van der Waals surface area contributed by atoms with E-state index >= 15 is 0 Å². The molecule has 2 amide bonds. The van der Waals surface area contributed by atoms with Gasteiger partial charge in [0.15, 0.2) is 0 Å². The molecule has 0 aromatic carbocycles. The van der Waals surface area contributed by atoms with Gasteiger partial charge in [-0.25, -0.2) is 0 Å². The van der Waals surface area contributed by atoms with E-state index in [0.29, 0.717) is 0 Å². The molecule has 0 rings (SSSR count). The summed E-state index contributed by atoms with van der Waals surface area (Å²) in [5.41, 5.74) is 8.64. The predicted molar refractivity (Wildman–Crippen MR) is 33.3 cm³/mol. The third-order valence-corrected chi connectivity index (χ3v) is 0.243. The van der Waals surface area contributed by atoms with Gasteiger partial charge in [-0.1, -0.05) is 0 Å². The monoisotopic (exact) mass is 136 g/mol. The highest BCUT2D eigenvalue weighted by atomic mass is 32.1. The maximum atomic E-state index is 9.45. The van der Waals surface area contributed by atoms with Crippen molar-refractivity contribution >= 4 is 24.4 Å². The van der Waals surface area contributed by atoms with E-state index in [1.54, 1.807) is 6.26 Å². The van der Waals surface area contributed by atoms with Crippen molar-refractivity contribution in [3.05, 3.63) is 0 Å². The molecule has 48 valence electrons. The molecule has 0 aliphatic rings. The van der Waals surface area contributed by atoms with Gasteiger partial charge < -0.3 is 11.5 Å². The first-order valence-corrected chi connectivity index (χ1v) is 2.58. The molecule has 0 saturated heterocycles. The Bertz CT molecular complexity index is 81.3. The molecular weight excluding hydrogens is 128 g/mol. The molecule has 0 unspecified atom stereocenters. The van der Waals surface area contributed by atoms with Crippen LogP contribution in [-0.4, -0.2) is 18.1 Å². The van der Waals surface area contributed by atoms with Crippen LogP contribution in [0, 0.1) is 0 Å². The Kier molecular flexibility index (Phi) is 8.10. The summed E-state index contributed by atoms with van der Waals surface area (Å²) in [6, 6.07) is 0. The first-order chi connectivity index (χ1) is 3.64. The zero-order valence-electron chi connectivity index (χ0n) is 4.42. The number of thiol groups is 1. The van der Waals surface area contributed by atoms with Crippen molar-refractivity contribution in [1.29, 1.82) is 0 Å². The minimum Gasteiger partial charge on any atom is -0.361 e. The van der Waals surface area contributed by atoms with E-state index < -0.39 is 11.8 Å². The van der Waals surface area contributed by atoms with Gasteiger partial charge in [0.2, 0.25) is 0 Å². The van der Waals surface area contributed by atoms with Crippen molar-refractivity contribution in [1.82, 2.24) is 0 Å². The molecule has 0 aromatic rings. The molecule has 0 aromatic heterocycles. The maximum Gasteiger partial charge on any atom is 0.306 e. The second-order valence-electron chi connectivity index (χ2n) is 0.729. The van der Waals surface area contributed by atoms with Crippen molar-refractivity contribution in [3.8, 4) is 0 Å². The number of hydrogen-bond donors (Lipinski definition) is 3. The maximum absolute atomic E-state index is 9.45. The predicted octanol–water partition coefficient (Wildman–Crippen LogP) is -1.50. The van der Waals surface area contributed by atoms with Crippen molar-refractivity contribution in [2.45, 2.75) is 0 Å². The average molecular weight is 136 g/mol. The van der Waals surface area contributed by atoms with Crippen LogP contribution in [0.4, 0.5) is 0 Å². The second kappa shape index (κ2) is 6.29. The Labute approximate surface area is 52.6 Å². The highest BCUT2D eigenvalue weighted by Crippen LogP contribution is 1.44. The molecule has 0 bridgehead atoms. The summed E-state index contributed by atoms with van der Waals surface area (Å²) in [5.74, 6) is -2.20. The Balaban J connectivity index is 0. The highest BCUT2D eigenvalue weighted by Gasteiger charge is 1.96. The molecule has 0 aliphatic heterocycles. The average Bonchev–Trinajstić information content (AvgIpc) is 1.72. The Hall–Kier alpha value is -0.710. The molecule has 0 heterocycles. The van der Waals surface area contributed by atoms with Gasteiger partial charge in [0.05, 0.1) is 0 Å². The fourth-order valence-corrected chi connectivity index (χ4v) is 0. The number of carbonyl (C=O) groups is 2. The van der Waals surface area contributed by atoms with Crippen LogP contribution in [0.5, 0.6) is 0 Å². The number of primary amides is 2. The van der Waals surface area contributed by atoms with Crippen LogP contribution in [0.3, 0.4) is 0 Å². The van der Waals surface area contributed by atoms with Crippen molar-refractivity contribution < 1.29 is 9.59 Å². The van der Waals surface area contributed by atoms with Crippen LogP contribution in [-0.2, 0) is 9.59 Å². The first-order valence-electron chi connectivity index (χ1n) is 1.68. The summed E-state index contributed by atoms with van der Waals surface area (Å²) in [6.45, 7) is 0. The Morgan fingerprint density at radius 2 is 1.25 bits per heavy atom. The smallest absolute Gasteiger partial charge is 0.306 e. The van der Waals surface area contributed by atoms with Gasteiger partial charge in [-0.05, 0) is 6.26 Å². The zero-order chi connectivity index (χ0) is 7.15. The molecule has 0 aliphatic carbocycles. The number of hydrogen-bond acceptors (Lipinski definition) is 3. The van der Waals surface area contributed by atoms with E-state index in [9.17, 15) is 9.59 Å². The Morgan fingerprint density at radius 1 is 1.12 bits per heavy atom. The third-order valence-electron chi connectivity index (χ3n) is 0.243. The van der Waals surface area contributed by atoms with Crippen molar-refractivity contribution in [3.63, 3.8) is 0 Å². The number of nitrogens with two attached hydrogens (primary N) is 2. The standard InChI is InChI=1S/C2H4N2O2.CH4S/c3-1(5)2(4)6;1-2/h(H2,3,5)(H2,4,6);2H,1H3. The minimum absolute atomic E-state index is 1.10. The van der Waals surface area contributed by atoms with E-state index in [4.69, 9.17) is 0 Å². The molecule has 0 radical (unpaired) electrons. The summed E-state index contributed by atoms with van der Waals surface area (Å²) in [5, 5.41) is 0. The first kappa shape index (κ1) is 10.3. The van der Waals surface area contributed by atoms with Crippen LogP contribution in [0.25, 0.3) is 0 Å². The molecular formula is C3H8N2O2S. The molecule has 4 nitrogen and oxygen atoms in total. The summed E-state index contributed by atoms with van der Waals surface area (Å²) in [6.07, 6.45) is 1.69. The summed E-state index contributed by atoms with van der Waals surface area (Å²) < 4.78 is 0. The van der Waals surface area contributed by atoms with Gasteiger partial charge >= 0.3 is 11.8 Å². The van der Waals surface area contributed by atoms with E-state index in [0.717, 1.165) is 0 Å². The van der Waals surface area contributed by atoms with E-state index in [1.165, 1.54) is 0 Å². The highest BCUT2D eigenvalue weighted by molar-refractivity contribution is 7.79. The summed E-state index contributed by atoms with van der Waals surface area (Å²) in [7, 11) is 0. The van der Waals surface area contributed by atoms with E-state index in [2.05, 4.69) is 24.1 Å². The van der Waals surface area contributed by atoms with Gasteiger partial charge in [0, 0.05) is 0 Å². The molecule has 0 atom stereocenters. The van der Waals surface area contributed by atoms with Crippen LogP contribution >= 0.6 is 12.6 Å². The van der Waals surface area contributed by atoms with E-state index in [1.807, 2.05) is 0 Å². The topological polar surface area (TPSA) is 86.2 Å². The fourth-order valence-electron chi connectivity index (χ4n) is 0. The van der Waals surface area contributed by atoms with Crippen LogP contribution in [0.15, 0.2) is 0 Å². The van der Waals surface area contributed by atoms with Crippen molar-refractivity contribution in [2.24, 2.45) is 11.5 Å². The number of rotatable bonds is 0. The van der Waals surface area contributed by atoms with Crippen LogP contribution in [0.2, 0.25) is 0 Å². The number of amides is 2. The largest absolute Gasteiger partial charge is 0.361 e. The van der Waals surface area contributed by atoms with Gasteiger partial charge in [0.1, 0.15) is 0 Å². The SMILES string of the molecule is CS.NC(=O)C(N)=O. The third kappa shape index (κ3) is 8.99. The summed E-state index contributed by atoms with van der Waals surface area (Å²) in [4.78, 5) is 18.9. The lowest BCUT2D eigenvalue weighted by Crippen LogP contribution is -2.29. The van der Waals surface area contributed by atoms with Gasteiger partial charge in [0.25, 0.3) is 0 Å². The molecule has 5 heteroatoms.